The molecule has 1 aromatic carbocycles. The van der Waals surface area contributed by atoms with Gasteiger partial charge in [0.2, 0.25) is 5.75 Å². The number of amides is 1. The SMILES string of the molecule is COc1cc(C(=O)N/N=C\c2cccs2)cc(OC)c1OC. The molecule has 0 saturated carbocycles. The third-order valence-corrected chi connectivity index (χ3v) is 3.63. The molecular formula is C15H16N2O4S. The first-order valence-corrected chi connectivity index (χ1v) is 7.24. The minimum atomic E-state index is -0.368. The average molecular weight is 320 g/mol. The molecule has 0 atom stereocenters. The fraction of sp³-hybridized carbons (Fsp3) is 0.200. The first kappa shape index (κ1) is 15.8. The maximum Gasteiger partial charge on any atom is 0.271 e. The molecule has 0 aliphatic rings. The number of nitrogens with zero attached hydrogens (tertiary/aromatic N) is 1. The van der Waals surface area contributed by atoms with E-state index in [0.29, 0.717) is 22.8 Å². The molecule has 0 bridgehead atoms. The topological polar surface area (TPSA) is 69.2 Å². The van der Waals surface area contributed by atoms with Gasteiger partial charge in [0.25, 0.3) is 5.91 Å². The van der Waals surface area contributed by atoms with E-state index in [1.807, 2.05) is 17.5 Å². The monoisotopic (exact) mass is 320 g/mol. The highest BCUT2D eigenvalue weighted by Crippen LogP contribution is 2.38. The zero-order chi connectivity index (χ0) is 15.9. The van der Waals surface area contributed by atoms with Gasteiger partial charge in [0.15, 0.2) is 11.5 Å². The van der Waals surface area contributed by atoms with Crippen molar-refractivity contribution in [2.75, 3.05) is 21.3 Å². The third-order valence-electron chi connectivity index (χ3n) is 2.83. The lowest BCUT2D eigenvalue weighted by molar-refractivity contribution is 0.0954. The second-order valence-corrected chi connectivity index (χ2v) is 5.11. The molecule has 0 saturated heterocycles. The zero-order valence-corrected chi connectivity index (χ0v) is 13.3. The summed E-state index contributed by atoms with van der Waals surface area (Å²) in [6.45, 7) is 0. The summed E-state index contributed by atoms with van der Waals surface area (Å²) in [5.74, 6) is 0.888. The molecule has 0 unspecified atom stereocenters. The van der Waals surface area contributed by atoms with Crippen LogP contribution in [0.5, 0.6) is 17.2 Å². The van der Waals surface area contributed by atoms with Crippen LogP contribution in [0, 0.1) is 0 Å². The Morgan fingerprint density at radius 2 is 1.86 bits per heavy atom. The van der Waals surface area contributed by atoms with Gasteiger partial charge >= 0.3 is 0 Å². The van der Waals surface area contributed by atoms with Gasteiger partial charge in [-0.15, -0.1) is 11.3 Å². The maximum atomic E-state index is 12.1. The first-order chi connectivity index (χ1) is 10.7. The van der Waals surface area contributed by atoms with E-state index in [0.717, 1.165) is 4.88 Å². The van der Waals surface area contributed by atoms with Crippen molar-refractivity contribution in [3.63, 3.8) is 0 Å². The Hall–Kier alpha value is -2.54. The minimum Gasteiger partial charge on any atom is -0.493 e. The fourth-order valence-corrected chi connectivity index (χ4v) is 2.38. The Balaban J connectivity index is 2.18. The van der Waals surface area contributed by atoms with Crippen molar-refractivity contribution in [2.24, 2.45) is 5.10 Å². The number of rotatable bonds is 6. The van der Waals surface area contributed by atoms with Gasteiger partial charge in [-0.25, -0.2) is 5.43 Å². The van der Waals surface area contributed by atoms with Crippen LogP contribution in [-0.2, 0) is 0 Å². The van der Waals surface area contributed by atoms with Crippen molar-refractivity contribution in [1.29, 1.82) is 0 Å². The number of nitrogens with one attached hydrogen (secondary N) is 1. The molecule has 1 aromatic heterocycles. The predicted octanol–water partition coefficient (Wildman–Crippen LogP) is 2.54. The molecule has 22 heavy (non-hydrogen) atoms. The van der Waals surface area contributed by atoms with Gasteiger partial charge in [-0.05, 0) is 23.6 Å². The van der Waals surface area contributed by atoms with Crippen LogP contribution in [0.1, 0.15) is 15.2 Å². The molecule has 2 aromatic rings. The highest BCUT2D eigenvalue weighted by atomic mass is 32.1. The van der Waals surface area contributed by atoms with Crippen LogP contribution in [0.4, 0.5) is 0 Å². The van der Waals surface area contributed by atoms with Gasteiger partial charge < -0.3 is 14.2 Å². The summed E-state index contributed by atoms with van der Waals surface area (Å²) in [5.41, 5.74) is 2.82. The molecule has 1 amide bonds. The molecule has 0 spiro atoms. The van der Waals surface area contributed by atoms with E-state index >= 15 is 0 Å². The van der Waals surface area contributed by atoms with Crippen LogP contribution in [0.2, 0.25) is 0 Å². The van der Waals surface area contributed by atoms with Crippen LogP contribution in [0.25, 0.3) is 0 Å². The van der Waals surface area contributed by atoms with Gasteiger partial charge in [-0.3, -0.25) is 4.79 Å². The van der Waals surface area contributed by atoms with Crippen molar-refractivity contribution in [3.05, 3.63) is 40.1 Å². The predicted molar refractivity (Wildman–Crippen MR) is 85.5 cm³/mol. The highest BCUT2D eigenvalue weighted by molar-refractivity contribution is 7.11. The molecule has 1 N–H and O–H groups in total. The number of hydrazone groups is 1. The standard InChI is InChI=1S/C15H16N2O4S/c1-19-12-7-10(8-13(20-2)14(12)21-3)15(18)17-16-9-11-5-4-6-22-11/h4-9H,1-3H3,(H,17,18)/b16-9-. The van der Waals surface area contributed by atoms with Crippen LogP contribution in [0.15, 0.2) is 34.7 Å². The van der Waals surface area contributed by atoms with Gasteiger partial charge in [-0.1, -0.05) is 6.07 Å². The molecule has 0 radical (unpaired) electrons. The summed E-state index contributed by atoms with van der Waals surface area (Å²) in [4.78, 5) is 13.1. The van der Waals surface area contributed by atoms with Gasteiger partial charge in [0.05, 0.1) is 27.5 Å². The Morgan fingerprint density at radius 1 is 1.18 bits per heavy atom. The van der Waals surface area contributed by atoms with Crippen LogP contribution < -0.4 is 19.6 Å². The second kappa shape index (κ2) is 7.46. The molecule has 0 fully saturated rings. The summed E-state index contributed by atoms with van der Waals surface area (Å²) in [6, 6.07) is 6.95. The van der Waals surface area contributed by atoms with Crippen LogP contribution in [0.3, 0.4) is 0 Å². The second-order valence-electron chi connectivity index (χ2n) is 4.13. The van der Waals surface area contributed by atoms with Crippen molar-refractivity contribution in [3.8, 4) is 17.2 Å². The smallest absolute Gasteiger partial charge is 0.271 e. The number of methoxy groups -OCH3 is 3. The van der Waals surface area contributed by atoms with Gasteiger partial charge in [-0.2, -0.15) is 5.10 Å². The molecule has 1 heterocycles. The van der Waals surface area contributed by atoms with E-state index in [1.165, 1.54) is 32.7 Å². The highest BCUT2D eigenvalue weighted by Gasteiger charge is 2.16. The lowest BCUT2D eigenvalue weighted by Crippen LogP contribution is -2.17. The first-order valence-electron chi connectivity index (χ1n) is 6.36. The minimum absolute atomic E-state index is 0.359. The Labute approximate surface area is 132 Å². The molecule has 0 aliphatic carbocycles. The summed E-state index contributed by atoms with van der Waals surface area (Å²) in [5, 5.41) is 5.85. The van der Waals surface area contributed by atoms with Gasteiger partial charge in [0, 0.05) is 10.4 Å². The third kappa shape index (κ3) is 3.56. The average Bonchev–Trinajstić information content (AvgIpc) is 3.06. The van der Waals surface area contributed by atoms with E-state index < -0.39 is 0 Å². The van der Waals surface area contributed by atoms with Crippen molar-refractivity contribution in [2.45, 2.75) is 0 Å². The molecule has 2 rings (SSSR count). The van der Waals surface area contributed by atoms with Crippen LogP contribution in [-0.4, -0.2) is 33.5 Å². The van der Waals surface area contributed by atoms with Crippen molar-refractivity contribution in [1.82, 2.24) is 5.43 Å². The quantitative estimate of drug-likeness (QED) is 0.656. The van der Waals surface area contributed by atoms with Gasteiger partial charge in [0.1, 0.15) is 0 Å². The van der Waals surface area contributed by atoms with E-state index in [2.05, 4.69) is 10.5 Å². The molecule has 0 aliphatic heterocycles. The summed E-state index contributed by atoms with van der Waals surface area (Å²) in [6.07, 6.45) is 1.58. The number of ether oxygens (including phenoxy) is 3. The van der Waals surface area contributed by atoms with Crippen LogP contribution >= 0.6 is 11.3 Å². The normalized spacial score (nSPS) is 10.5. The number of hydrogen-bond acceptors (Lipinski definition) is 6. The molecule has 7 heteroatoms. The van der Waals surface area contributed by atoms with E-state index in [-0.39, 0.29) is 5.91 Å². The van der Waals surface area contributed by atoms with E-state index in [4.69, 9.17) is 14.2 Å². The van der Waals surface area contributed by atoms with E-state index in [1.54, 1.807) is 18.3 Å². The number of benzene rings is 1. The Morgan fingerprint density at radius 3 is 2.36 bits per heavy atom. The number of thiophene rings is 1. The summed E-state index contributed by atoms with van der Waals surface area (Å²) < 4.78 is 15.6. The molecule has 116 valence electrons. The lowest BCUT2D eigenvalue weighted by atomic mass is 10.1. The summed E-state index contributed by atoms with van der Waals surface area (Å²) in [7, 11) is 4.49. The Kier molecular flexibility index (Phi) is 5.37. The molecular weight excluding hydrogens is 304 g/mol. The Bertz CT molecular complexity index is 643. The number of carbonyl (C=O) groups is 1. The fourth-order valence-electron chi connectivity index (χ4n) is 1.80. The number of carbonyl (C=O) groups excluding carboxylic acids is 1. The van der Waals surface area contributed by atoms with Crippen molar-refractivity contribution >= 4 is 23.5 Å². The largest absolute Gasteiger partial charge is 0.493 e. The maximum absolute atomic E-state index is 12.1. The zero-order valence-electron chi connectivity index (χ0n) is 12.5. The summed E-state index contributed by atoms with van der Waals surface area (Å²) >= 11 is 1.53. The molecule has 6 nitrogen and oxygen atoms in total. The van der Waals surface area contributed by atoms with Crippen molar-refractivity contribution < 1.29 is 19.0 Å². The number of hydrogen-bond donors (Lipinski definition) is 1. The van der Waals surface area contributed by atoms with E-state index in [9.17, 15) is 4.79 Å². The lowest BCUT2D eigenvalue weighted by Gasteiger charge is -2.13.